The van der Waals surface area contributed by atoms with Gasteiger partial charge in [0, 0.05) is 18.1 Å². The van der Waals surface area contributed by atoms with E-state index in [1.807, 2.05) is 19.4 Å². The van der Waals surface area contributed by atoms with Crippen LogP contribution in [0.3, 0.4) is 0 Å². The second kappa shape index (κ2) is 6.41. The number of aromatic nitrogens is 2. The predicted octanol–water partition coefficient (Wildman–Crippen LogP) is 4.21. The lowest BCUT2D eigenvalue weighted by molar-refractivity contribution is 0.192. The van der Waals surface area contributed by atoms with E-state index in [2.05, 4.69) is 32.0 Å². The van der Waals surface area contributed by atoms with Gasteiger partial charge in [0.2, 0.25) is 0 Å². The van der Waals surface area contributed by atoms with Crippen molar-refractivity contribution >= 4 is 10.2 Å². The molecule has 1 aromatic heterocycles. The maximum absolute atomic E-state index is 9.68. The SMILES string of the molecule is CC(O)CCS1(n2ccnc2)C=CC(C2CCCCC2)=C1. The average molecular weight is 306 g/mol. The van der Waals surface area contributed by atoms with Crippen LogP contribution in [-0.4, -0.2) is 25.9 Å². The van der Waals surface area contributed by atoms with Gasteiger partial charge in [-0.25, -0.2) is 4.98 Å². The molecule has 4 heteroatoms. The molecule has 1 aliphatic carbocycles. The van der Waals surface area contributed by atoms with Gasteiger partial charge >= 0.3 is 0 Å². The molecular formula is C17H26N2OS. The smallest absolute Gasteiger partial charge is 0.104 e. The maximum Gasteiger partial charge on any atom is 0.104 e. The molecule has 1 aromatic rings. The average Bonchev–Trinajstić information content (AvgIpc) is 3.16. The Morgan fingerprint density at radius 1 is 1.38 bits per heavy atom. The molecule has 1 N–H and O–H groups in total. The van der Waals surface area contributed by atoms with Crippen molar-refractivity contribution in [3.05, 3.63) is 41.2 Å². The highest BCUT2D eigenvalue weighted by atomic mass is 32.3. The molecule has 3 rings (SSSR count). The molecule has 2 aliphatic rings. The summed E-state index contributed by atoms with van der Waals surface area (Å²) in [5.41, 5.74) is 1.53. The molecule has 3 nitrogen and oxygen atoms in total. The molecule has 0 amide bonds. The van der Waals surface area contributed by atoms with Crippen molar-refractivity contribution < 1.29 is 5.11 Å². The summed E-state index contributed by atoms with van der Waals surface area (Å²) >= 11 is 0. The van der Waals surface area contributed by atoms with Gasteiger partial charge in [-0.1, -0.05) is 25.3 Å². The minimum atomic E-state index is -1.14. The minimum Gasteiger partial charge on any atom is -0.393 e. The zero-order valence-electron chi connectivity index (χ0n) is 12.8. The maximum atomic E-state index is 9.68. The van der Waals surface area contributed by atoms with Crippen LogP contribution in [0.5, 0.6) is 0 Å². The Kier molecular flexibility index (Phi) is 4.55. The number of nitrogens with zero attached hydrogens (tertiary/aromatic N) is 2. The number of allylic oxidation sites excluding steroid dienone is 2. The number of hydrogen-bond acceptors (Lipinski definition) is 2. The Bertz CT molecular complexity index is 515. The second-order valence-electron chi connectivity index (χ2n) is 6.33. The number of aliphatic hydroxyl groups is 1. The van der Waals surface area contributed by atoms with Crippen LogP contribution >= 0.6 is 10.2 Å². The molecule has 2 atom stereocenters. The fourth-order valence-corrected chi connectivity index (χ4v) is 6.52. The summed E-state index contributed by atoms with van der Waals surface area (Å²) < 4.78 is 2.27. The molecule has 1 saturated carbocycles. The van der Waals surface area contributed by atoms with E-state index in [1.54, 1.807) is 0 Å². The van der Waals surface area contributed by atoms with Crippen molar-refractivity contribution in [2.45, 2.75) is 51.6 Å². The molecule has 21 heavy (non-hydrogen) atoms. The highest BCUT2D eigenvalue weighted by molar-refractivity contribution is 8.37. The third-order valence-electron chi connectivity index (χ3n) is 4.65. The van der Waals surface area contributed by atoms with Crippen LogP contribution in [-0.2, 0) is 0 Å². The van der Waals surface area contributed by atoms with Crippen molar-refractivity contribution in [3.63, 3.8) is 0 Å². The molecular weight excluding hydrogens is 280 g/mol. The lowest BCUT2D eigenvalue weighted by atomic mass is 9.84. The Balaban J connectivity index is 1.84. The molecule has 0 radical (unpaired) electrons. The molecule has 2 heterocycles. The molecule has 0 spiro atoms. The quantitative estimate of drug-likeness (QED) is 0.884. The first kappa shape index (κ1) is 14.9. The lowest BCUT2D eigenvalue weighted by Gasteiger charge is -2.34. The summed E-state index contributed by atoms with van der Waals surface area (Å²) in [6.07, 6.45) is 15.6. The summed E-state index contributed by atoms with van der Waals surface area (Å²) in [6, 6.07) is 0. The summed E-state index contributed by atoms with van der Waals surface area (Å²) in [6.45, 7) is 1.88. The molecule has 0 bridgehead atoms. The Morgan fingerprint density at radius 3 is 2.86 bits per heavy atom. The van der Waals surface area contributed by atoms with E-state index < -0.39 is 10.2 Å². The summed E-state index contributed by atoms with van der Waals surface area (Å²) in [4.78, 5) is 4.23. The molecule has 1 aliphatic heterocycles. The van der Waals surface area contributed by atoms with E-state index in [1.165, 1.54) is 37.7 Å². The van der Waals surface area contributed by atoms with Gasteiger partial charge in [-0.2, -0.15) is 0 Å². The van der Waals surface area contributed by atoms with Gasteiger partial charge in [0.15, 0.2) is 0 Å². The number of aliphatic hydroxyl groups excluding tert-OH is 1. The van der Waals surface area contributed by atoms with Crippen LogP contribution in [0.15, 0.2) is 41.2 Å². The van der Waals surface area contributed by atoms with Crippen LogP contribution in [0.2, 0.25) is 0 Å². The van der Waals surface area contributed by atoms with Crippen molar-refractivity contribution in [3.8, 4) is 0 Å². The van der Waals surface area contributed by atoms with Gasteiger partial charge in [-0.3, -0.25) is 3.97 Å². The van der Waals surface area contributed by atoms with Gasteiger partial charge in [0.1, 0.15) is 6.33 Å². The van der Waals surface area contributed by atoms with Crippen molar-refractivity contribution in [2.75, 3.05) is 5.75 Å². The fraction of sp³-hybridized carbons (Fsp3) is 0.588. The third kappa shape index (κ3) is 3.27. The highest BCUT2D eigenvalue weighted by Crippen LogP contribution is 2.58. The Labute approximate surface area is 129 Å². The topological polar surface area (TPSA) is 38.0 Å². The van der Waals surface area contributed by atoms with E-state index >= 15 is 0 Å². The van der Waals surface area contributed by atoms with Crippen LogP contribution < -0.4 is 0 Å². The van der Waals surface area contributed by atoms with Crippen molar-refractivity contribution in [1.29, 1.82) is 0 Å². The first-order valence-electron chi connectivity index (χ1n) is 8.07. The molecule has 1 fully saturated rings. The van der Waals surface area contributed by atoms with Crippen LogP contribution in [0, 0.1) is 5.92 Å². The monoisotopic (exact) mass is 306 g/mol. The first-order chi connectivity index (χ1) is 10.2. The van der Waals surface area contributed by atoms with Crippen LogP contribution in [0.1, 0.15) is 45.4 Å². The second-order valence-corrected chi connectivity index (χ2v) is 9.29. The van der Waals surface area contributed by atoms with Gasteiger partial charge in [-0.15, -0.1) is 10.2 Å². The fourth-order valence-electron chi connectivity index (χ4n) is 3.35. The van der Waals surface area contributed by atoms with Crippen molar-refractivity contribution in [1.82, 2.24) is 8.96 Å². The normalized spacial score (nSPS) is 30.9. The standard InChI is InChI=1S/C17H26N2OS/c1-15(20)7-11-21(19-10-9-18-14-19)12-8-17(13-21)16-5-3-2-4-6-16/h8-10,12-16,20H,2-7,11H2,1H3. The molecule has 0 saturated heterocycles. The van der Waals surface area contributed by atoms with E-state index in [0.29, 0.717) is 0 Å². The first-order valence-corrected chi connectivity index (χ1v) is 9.95. The summed E-state index contributed by atoms with van der Waals surface area (Å²) in [7, 11) is -1.14. The van der Waals surface area contributed by atoms with E-state index in [4.69, 9.17) is 0 Å². The summed E-state index contributed by atoms with van der Waals surface area (Å²) in [5, 5.41) is 14.6. The van der Waals surface area contributed by atoms with Crippen LogP contribution in [0.25, 0.3) is 0 Å². The minimum absolute atomic E-state index is 0.238. The zero-order chi connectivity index (χ0) is 14.7. The molecule has 116 valence electrons. The largest absolute Gasteiger partial charge is 0.393 e. The van der Waals surface area contributed by atoms with E-state index in [-0.39, 0.29) is 6.10 Å². The lowest BCUT2D eigenvalue weighted by Crippen LogP contribution is -2.13. The summed E-state index contributed by atoms with van der Waals surface area (Å²) in [5.74, 6) is 1.76. The number of imidazole rings is 1. The van der Waals surface area contributed by atoms with Gasteiger partial charge in [0.25, 0.3) is 0 Å². The number of rotatable bonds is 5. The highest BCUT2D eigenvalue weighted by Gasteiger charge is 2.28. The van der Waals surface area contributed by atoms with Gasteiger partial charge < -0.3 is 5.11 Å². The molecule has 0 aromatic carbocycles. The van der Waals surface area contributed by atoms with Gasteiger partial charge in [0.05, 0.1) is 6.10 Å². The Hall–Kier alpha value is -1.00. The van der Waals surface area contributed by atoms with E-state index in [0.717, 1.165) is 18.1 Å². The number of hydrogen-bond donors (Lipinski definition) is 1. The molecule has 2 unspecified atom stereocenters. The third-order valence-corrected chi connectivity index (χ3v) is 7.83. The van der Waals surface area contributed by atoms with Crippen molar-refractivity contribution in [2.24, 2.45) is 5.92 Å². The zero-order valence-corrected chi connectivity index (χ0v) is 13.6. The predicted molar refractivity (Wildman–Crippen MR) is 90.2 cm³/mol. The van der Waals surface area contributed by atoms with Gasteiger partial charge in [-0.05, 0) is 48.5 Å². The van der Waals surface area contributed by atoms with E-state index in [9.17, 15) is 5.11 Å². The Morgan fingerprint density at radius 2 is 2.19 bits per heavy atom. The van der Waals surface area contributed by atoms with Crippen LogP contribution in [0.4, 0.5) is 0 Å².